The lowest BCUT2D eigenvalue weighted by Crippen LogP contribution is -2.35. The minimum absolute atomic E-state index is 0.156. The van der Waals surface area contributed by atoms with Gasteiger partial charge in [-0.25, -0.2) is 9.59 Å². The van der Waals surface area contributed by atoms with Crippen molar-refractivity contribution >= 4 is 35.5 Å². The third-order valence-electron chi connectivity index (χ3n) is 7.08. The second-order valence-corrected chi connectivity index (χ2v) is 9.57. The number of rotatable bonds is 15. The lowest BCUT2D eigenvalue weighted by Gasteiger charge is -2.25. The van der Waals surface area contributed by atoms with Crippen molar-refractivity contribution in [3.05, 3.63) is 70.8 Å². The van der Waals surface area contributed by atoms with Crippen LogP contribution < -0.4 is 9.80 Å². The number of esters is 2. The molecule has 0 bridgehead atoms. The van der Waals surface area contributed by atoms with Crippen LogP contribution in [-0.2, 0) is 19.1 Å². The number of nitrogens with zero attached hydrogens (tertiary/aromatic N) is 4. The molecular formula is C34H42N4O4. The molecule has 0 saturated carbocycles. The van der Waals surface area contributed by atoms with Gasteiger partial charge in [0.25, 0.3) is 0 Å². The molecule has 0 aliphatic carbocycles. The number of carbonyl (C=O) groups is 2. The molecule has 0 fully saturated rings. The summed E-state index contributed by atoms with van der Waals surface area (Å²) in [5, 5.41) is 19.3. The van der Waals surface area contributed by atoms with E-state index in [1.54, 1.807) is 13.8 Å². The minimum atomic E-state index is -0.795. The van der Waals surface area contributed by atoms with Gasteiger partial charge in [0.15, 0.2) is 0 Å². The van der Waals surface area contributed by atoms with Crippen molar-refractivity contribution in [2.24, 2.45) is 0 Å². The maximum Gasteiger partial charge on any atom is 0.349 e. The highest BCUT2D eigenvalue weighted by Gasteiger charge is 2.28. The normalized spacial score (nSPS) is 12.9. The van der Waals surface area contributed by atoms with Gasteiger partial charge in [0.1, 0.15) is 35.5 Å². The molecule has 0 spiro atoms. The molecule has 2 unspecified atom stereocenters. The molecule has 42 heavy (non-hydrogen) atoms. The summed E-state index contributed by atoms with van der Waals surface area (Å²) in [4.78, 5) is 30.3. The highest BCUT2D eigenvalue weighted by Crippen LogP contribution is 2.21. The first-order valence-electron chi connectivity index (χ1n) is 14.6. The summed E-state index contributed by atoms with van der Waals surface area (Å²) in [6.45, 7) is 15.4. The van der Waals surface area contributed by atoms with Crippen molar-refractivity contribution in [2.75, 3.05) is 36.0 Å². The fraction of sp³-hybridized carbons (Fsp3) is 0.412. The summed E-state index contributed by atoms with van der Waals surface area (Å²) in [5.74, 6) is -1.59. The van der Waals surface area contributed by atoms with Crippen LogP contribution in [0.2, 0.25) is 0 Å². The first-order chi connectivity index (χ1) is 20.3. The SMILES string of the molecule is CCC(OC(=O)C(C#N)=Cc1ccc(N(CC)CC)cc1)C(CC)OC(=O)C(C#N)=Cc1ccc(N(CC)CC)cc1. The Hall–Kier alpha value is -4.56. The van der Waals surface area contributed by atoms with Gasteiger partial charge >= 0.3 is 11.9 Å². The maximum atomic E-state index is 12.9. The molecule has 0 heterocycles. The number of carbonyl (C=O) groups excluding carboxylic acids is 2. The van der Waals surface area contributed by atoms with E-state index in [0.29, 0.717) is 24.0 Å². The fourth-order valence-corrected chi connectivity index (χ4v) is 4.59. The van der Waals surface area contributed by atoms with Gasteiger partial charge in [0.05, 0.1) is 0 Å². The zero-order valence-electron chi connectivity index (χ0n) is 25.6. The molecular weight excluding hydrogens is 528 g/mol. The topological polar surface area (TPSA) is 107 Å². The molecule has 0 aliphatic rings. The predicted octanol–water partition coefficient (Wildman–Crippen LogP) is 6.54. The van der Waals surface area contributed by atoms with E-state index >= 15 is 0 Å². The summed E-state index contributed by atoms with van der Waals surface area (Å²) < 4.78 is 11.3. The monoisotopic (exact) mass is 570 g/mol. The maximum absolute atomic E-state index is 12.9. The van der Waals surface area contributed by atoms with E-state index in [0.717, 1.165) is 37.6 Å². The van der Waals surface area contributed by atoms with Gasteiger partial charge in [-0.1, -0.05) is 38.1 Å². The van der Waals surface area contributed by atoms with Gasteiger partial charge in [-0.3, -0.25) is 0 Å². The van der Waals surface area contributed by atoms with E-state index in [1.807, 2.05) is 60.7 Å². The molecule has 2 aromatic carbocycles. The number of ether oxygens (including phenoxy) is 2. The molecule has 8 heteroatoms. The van der Waals surface area contributed by atoms with E-state index in [2.05, 4.69) is 37.5 Å². The number of hydrogen-bond donors (Lipinski definition) is 0. The van der Waals surface area contributed by atoms with Crippen LogP contribution in [-0.4, -0.2) is 50.3 Å². The van der Waals surface area contributed by atoms with Crippen LogP contribution in [0.4, 0.5) is 11.4 Å². The first kappa shape index (κ1) is 33.6. The van der Waals surface area contributed by atoms with Crippen LogP contribution in [0.25, 0.3) is 12.2 Å². The lowest BCUT2D eigenvalue weighted by molar-refractivity contribution is -0.162. The number of benzene rings is 2. The van der Waals surface area contributed by atoms with Crippen molar-refractivity contribution in [3.63, 3.8) is 0 Å². The quantitative estimate of drug-likeness (QED) is 0.135. The van der Waals surface area contributed by atoms with E-state index < -0.39 is 24.1 Å². The summed E-state index contributed by atoms with van der Waals surface area (Å²) in [6.07, 6.45) is 2.09. The van der Waals surface area contributed by atoms with Gasteiger partial charge in [-0.15, -0.1) is 0 Å². The van der Waals surface area contributed by atoms with E-state index in [1.165, 1.54) is 12.2 Å². The average Bonchev–Trinajstić information content (AvgIpc) is 3.02. The summed E-state index contributed by atoms with van der Waals surface area (Å²) in [5.41, 5.74) is 3.19. The molecule has 0 saturated heterocycles. The zero-order chi connectivity index (χ0) is 31.1. The Balaban J connectivity index is 2.15. The van der Waals surface area contributed by atoms with E-state index in [9.17, 15) is 20.1 Å². The molecule has 222 valence electrons. The Bertz CT molecular complexity index is 1210. The number of nitriles is 2. The molecule has 0 N–H and O–H groups in total. The van der Waals surface area contributed by atoms with Crippen molar-refractivity contribution in [2.45, 2.75) is 66.6 Å². The molecule has 2 atom stereocenters. The first-order valence-corrected chi connectivity index (χ1v) is 14.6. The van der Waals surface area contributed by atoms with Crippen LogP contribution in [0.15, 0.2) is 59.7 Å². The van der Waals surface area contributed by atoms with Crippen LogP contribution in [0.1, 0.15) is 65.5 Å². The fourth-order valence-electron chi connectivity index (χ4n) is 4.59. The van der Waals surface area contributed by atoms with Crippen molar-refractivity contribution < 1.29 is 19.1 Å². The lowest BCUT2D eigenvalue weighted by atomic mass is 10.1. The van der Waals surface area contributed by atoms with Crippen LogP contribution in [0.5, 0.6) is 0 Å². The molecule has 0 aliphatic heterocycles. The largest absolute Gasteiger partial charge is 0.454 e. The molecule has 2 rings (SSSR count). The Kier molecular flexibility index (Phi) is 13.9. The van der Waals surface area contributed by atoms with E-state index in [4.69, 9.17) is 9.47 Å². The second-order valence-electron chi connectivity index (χ2n) is 9.57. The van der Waals surface area contributed by atoms with Crippen LogP contribution >= 0.6 is 0 Å². The summed E-state index contributed by atoms with van der Waals surface area (Å²) in [6, 6.07) is 19.0. The van der Waals surface area contributed by atoms with Gasteiger partial charge < -0.3 is 19.3 Å². The molecule has 8 nitrogen and oxygen atoms in total. The molecule has 0 amide bonds. The smallest absolute Gasteiger partial charge is 0.349 e. The van der Waals surface area contributed by atoms with Gasteiger partial charge in [0, 0.05) is 37.6 Å². The second kappa shape index (κ2) is 17.3. The standard InChI is InChI=1S/C34H42N4O4/c1-7-31(41-33(39)27(23-35)21-25-13-17-29(18-14-25)37(9-3)10-4)32(8-2)42-34(40)28(24-36)22-26-15-19-30(20-16-26)38(11-5)12-6/h13-22,31-32H,7-12H2,1-6H3. The third kappa shape index (κ3) is 9.24. The van der Waals surface area contributed by atoms with Crippen LogP contribution in [0.3, 0.4) is 0 Å². The Morgan fingerprint density at radius 1 is 0.643 bits per heavy atom. The Labute approximate surface area is 250 Å². The highest BCUT2D eigenvalue weighted by atomic mass is 16.6. The third-order valence-corrected chi connectivity index (χ3v) is 7.08. The summed E-state index contributed by atoms with van der Waals surface area (Å²) >= 11 is 0. The van der Waals surface area contributed by atoms with Crippen LogP contribution in [0, 0.1) is 22.7 Å². The number of hydrogen-bond acceptors (Lipinski definition) is 8. The number of anilines is 2. The molecule has 0 aromatic heterocycles. The minimum Gasteiger partial charge on any atom is -0.454 e. The van der Waals surface area contributed by atoms with Crippen molar-refractivity contribution in [1.29, 1.82) is 10.5 Å². The molecule has 0 radical (unpaired) electrons. The van der Waals surface area contributed by atoms with Gasteiger partial charge in [0.2, 0.25) is 0 Å². The van der Waals surface area contributed by atoms with Crippen molar-refractivity contribution in [3.8, 4) is 12.1 Å². The van der Waals surface area contributed by atoms with Gasteiger partial charge in [-0.05, 0) is 88.1 Å². The molecule has 2 aromatic rings. The average molecular weight is 571 g/mol. The Morgan fingerprint density at radius 3 is 1.19 bits per heavy atom. The predicted molar refractivity (Wildman–Crippen MR) is 168 cm³/mol. The Morgan fingerprint density at radius 2 is 0.952 bits per heavy atom. The summed E-state index contributed by atoms with van der Waals surface area (Å²) in [7, 11) is 0. The van der Waals surface area contributed by atoms with Crippen molar-refractivity contribution in [1.82, 2.24) is 0 Å². The van der Waals surface area contributed by atoms with E-state index in [-0.39, 0.29) is 11.1 Å². The zero-order valence-corrected chi connectivity index (χ0v) is 25.6. The van der Waals surface area contributed by atoms with Gasteiger partial charge in [-0.2, -0.15) is 10.5 Å². The highest BCUT2D eigenvalue weighted by molar-refractivity contribution is 5.99.